The van der Waals surface area contributed by atoms with Crippen LogP contribution in [0.15, 0.2) is 18.3 Å². The summed E-state index contributed by atoms with van der Waals surface area (Å²) in [4.78, 5) is 11.5. The molecular weight excluding hydrogens is 240 g/mol. The van der Waals surface area contributed by atoms with E-state index in [1.165, 1.54) is 0 Å². The summed E-state index contributed by atoms with van der Waals surface area (Å²) in [6.45, 7) is 2.16. The molecule has 1 heterocycles. The van der Waals surface area contributed by atoms with Gasteiger partial charge in [-0.25, -0.2) is 0 Å². The van der Waals surface area contributed by atoms with Crippen LogP contribution in [-0.4, -0.2) is 22.4 Å². The van der Waals surface area contributed by atoms with Crippen LogP contribution in [0.5, 0.6) is 0 Å². The van der Waals surface area contributed by atoms with E-state index in [2.05, 4.69) is 5.10 Å². The normalized spacial score (nSPS) is 10.8. The van der Waals surface area contributed by atoms with Crippen molar-refractivity contribution in [2.75, 3.05) is 6.61 Å². The molecule has 0 atom stereocenters. The van der Waals surface area contributed by atoms with E-state index < -0.39 is 0 Å². The molecule has 0 aliphatic carbocycles. The maximum atomic E-state index is 11.5. The smallest absolute Gasteiger partial charge is 0.310 e. The SMILES string of the molecule is CCOC(=O)Cc1c(Cl)ccc2c1cnn2C. The number of hydrogen-bond acceptors (Lipinski definition) is 3. The number of hydrogen-bond donors (Lipinski definition) is 0. The van der Waals surface area contributed by atoms with Gasteiger partial charge in [0.05, 0.1) is 24.7 Å². The van der Waals surface area contributed by atoms with Crippen LogP contribution in [0, 0.1) is 0 Å². The van der Waals surface area contributed by atoms with Crippen molar-refractivity contribution in [1.29, 1.82) is 0 Å². The highest BCUT2D eigenvalue weighted by Gasteiger charge is 2.13. The van der Waals surface area contributed by atoms with Gasteiger partial charge in [0.1, 0.15) is 0 Å². The van der Waals surface area contributed by atoms with E-state index in [0.29, 0.717) is 11.6 Å². The number of ether oxygens (including phenoxy) is 1. The Labute approximate surface area is 104 Å². The average molecular weight is 253 g/mol. The number of carbonyl (C=O) groups excluding carboxylic acids is 1. The molecule has 90 valence electrons. The molecular formula is C12H13ClN2O2. The minimum absolute atomic E-state index is 0.176. The third kappa shape index (κ3) is 2.26. The van der Waals surface area contributed by atoms with Gasteiger partial charge >= 0.3 is 5.97 Å². The van der Waals surface area contributed by atoms with E-state index in [4.69, 9.17) is 16.3 Å². The largest absolute Gasteiger partial charge is 0.466 e. The van der Waals surface area contributed by atoms with E-state index in [-0.39, 0.29) is 12.4 Å². The fourth-order valence-corrected chi connectivity index (χ4v) is 2.03. The van der Waals surface area contributed by atoms with Crippen molar-refractivity contribution >= 4 is 28.5 Å². The molecule has 2 aromatic rings. The van der Waals surface area contributed by atoms with Gasteiger partial charge in [0.2, 0.25) is 0 Å². The molecule has 0 saturated carbocycles. The zero-order chi connectivity index (χ0) is 12.4. The van der Waals surface area contributed by atoms with Crippen LogP contribution in [-0.2, 0) is 23.0 Å². The lowest BCUT2D eigenvalue weighted by Gasteiger charge is -2.06. The molecule has 0 fully saturated rings. The first-order valence-electron chi connectivity index (χ1n) is 5.38. The van der Waals surface area contributed by atoms with Crippen molar-refractivity contribution in [2.24, 2.45) is 7.05 Å². The Morgan fingerprint density at radius 1 is 1.53 bits per heavy atom. The number of aryl methyl sites for hydroxylation is 1. The van der Waals surface area contributed by atoms with Crippen molar-refractivity contribution in [3.63, 3.8) is 0 Å². The number of esters is 1. The third-order valence-corrected chi connectivity index (χ3v) is 2.97. The van der Waals surface area contributed by atoms with Gasteiger partial charge in [0.15, 0.2) is 0 Å². The minimum Gasteiger partial charge on any atom is -0.466 e. The van der Waals surface area contributed by atoms with E-state index in [0.717, 1.165) is 16.5 Å². The quantitative estimate of drug-likeness (QED) is 0.788. The van der Waals surface area contributed by atoms with Crippen LogP contribution in [0.4, 0.5) is 0 Å². The maximum absolute atomic E-state index is 11.5. The van der Waals surface area contributed by atoms with Crippen LogP contribution in [0.25, 0.3) is 10.9 Å². The van der Waals surface area contributed by atoms with E-state index in [1.807, 2.05) is 13.1 Å². The van der Waals surface area contributed by atoms with Crippen molar-refractivity contribution in [1.82, 2.24) is 9.78 Å². The van der Waals surface area contributed by atoms with Gasteiger partial charge in [-0.2, -0.15) is 5.10 Å². The molecule has 4 nitrogen and oxygen atoms in total. The molecule has 17 heavy (non-hydrogen) atoms. The number of carbonyl (C=O) groups is 1. The molecule has 0 radical (unpaired) electrons. The zero-order valence-electron chi connectivity index (χ0n) is 9.74. The fraction of sp³-hybridized carbons (Fsp3) is 0.333. The standard InChI is InChI=1S/C12H13ClN2O2/c1-3-17-12(16)6-8-9-7-14-15(2)11(9)5-4-10(8)13/h4-5,7H,3,6H2,1-2H3. The Kier molecular flexibility index (Phi) is 3.33. The first kappa shape index (κ1) is 11.9. The summed E-state index contributed by atoms with van der Waals surface area (Å²) in [5, 5.41) is 5.62. The fourth-order valence-electron chi connectivity index (χ4n) is 1.79. The average Bonchev–Trinajstić information content (AvgIpc) is 2.65. The molecule has 5 heteroatoms. The summed E-state index contributed by atoms with van der Waals surface area (Å²) in [7, 11) is 1.85. The van der Waals surface area contributed by atoms with E-state index in [9.17, 15) is 4.79 Å². The van der Waals surface area contributed by atoms with Gasteiger partial charge in [0.25, 0.3) is 0 Å². The Balaban J connectivity index is 2.44. The molecule has 2 rings (SSSR count). The molecule has 0 amide bonds. The first-order chi connectivity index (χ1) is 8.13. The van der Waals surface area contributed by atoms with Crippen LogP contribution < -0.4 is 0 Å². The van der Waals surface area contributed by atoms with Gasteiger partial charge in [0, 0.05) is 17.5 Å². The molecule has 1 aromatic carbocycles. The molecule has 0 N–H and O–H groups in total. The van der Waals surface area contributed by atoms with Crippen molar-refractivity contribution < 1.29 is 9.53 Å². The summed E-state index contributed by atoms with van der Waals surface area (Å²) in [6, 6.07) is 3.67. The second-order valence-corrected chi connectivity index (χ2v) is 4.12. The second-order valence-electron chi connectivity index (χ2n) is 3.71. The molecule has 0 aliphatic heterocycles. The van der Waals surface area contributed by atoms with Gasteiger partial charge in [-0.15, -0.1) is 0 Å². The van der Waals surface area contributed by atoms with Crippen LogP contribution in [0.2, 0.25) is 5.02 Å². The number of fused-ring (bicyclic) bond motifs is 1. The van der Waals surface area contributed by atoms with Crippen LogP contribution >= 0.6 is 11.6 Å². The topological polar surface area (TPSA) is 44.1 Å². The maximum Gasteiger partial charge on any atom is 0.310 e. The van der Waals surface area contributed by atoms with Gasteiger partial charge < -0.3 is 4.74 Å². The summed E-state index contributed by atoms with van der Waals surface area (Å²) < 4.78 is 6.68. The monoisotopic (exact) mass is 252 g/mol. The number of nitrogens with zero attached hydrogens (tertiary/aromatic N) is 2. The lowest BCUT2D eigenvalue weighted by molar-refractivity contribution is -0.142. The summed E-state index contributed by atoms with van der Waals surface area (Å²) in [6.07, 6.45) is 1.89. The Hall–Kier alpha value is -1.55. The summed E-state index contributed by atoms with van der Waals surface area (Å²) in [5.41, 5.74) is 1.73. The van der Waals surface area contributed by atoms with Gasteiger partial charge in [-0.05, 0) is 24.6 Å². The van der Waals surface area contributed by atoms with Gasteiger partial charge in [-0.1, -0.05) is 11.6 Å². The van der Waals surface area contributed by atoms with E-state index in [1.54, 1.807) is 23.9 Å². The lowest BCUT2D eigenvalue weighted by Crippen LogP contribution is -2.08. The number of aromatic nitrogens is 2. The molecule has 0 unspecified atom stereocenters. The van der Waals surface area contributed by atoms with Crippen molar-refractivity contribution in [3.8, 4) is 0 Å². The number of benzene rings is 1. The lowest BCUT2D eigenvalue weighted by atomic mass is 10.1. The summed E-state index contributed by atoms with van der Waals surface area (Å²) in [5.74, 6) is -0.272. The summed E-state index contributed by atoms with van der Waals surface area (Å²) >= 11 is 6.11. The molecule has 0 spiro atoms. The molecule has 0 saturated heterocycles. The van der Waals surface area contributed by atoms with E-state index >= 15 is 0 Å². The predicted molar refractivity (Wildman–Crippen MR) is 66.1 cm³/mol. The van der Waals surface area contributed by atoms with Crippen LogP contribution in [0.3, 0.4) is 0 Å². The first-order valence-corrected chi connectivity index (χ1v) is 5.76. The highest BCUT2D eigenvalue weighted by Crippen LogP contribution is 2.26. The Bertz CT molecular complexity index is 563. The molecule has 0 aliphatic rings. The van der Waals surface area contributed by atoms with Gasteiger partial charge in [-0.3, -0.25) is 9.48 Å². The predicted octanol–water partition coefficient (Wildman–Crippen LogP) is 2.33. The zero-order valence-corrected chi connectivity index (χ0v) is 10.5. The highest BCUT2D eigenvalue weighted by atomic mass is 35.5. The Morgan fingerprint density at radius 3 is 3.00 bits per heavy atom. The Morgan fingerprint density at radius 2 is 2.29 bits per heavy atom. The molecule has 0 bridgehead atoms. The number of rotatable bonds is 3. The van der Waals surface area contributed by atoms with Crippen molar-refractivity contribution in [2.45, 2.75) is 13.3 Å². The molecule has 1 aromatic heterocycles. The third-order valence-electron chi connectivity index (χ3n) is 2.61. The highest BCUT2D eigenvalue weighted by molar-refractivity contribution is 6.32. The minimum atomic E-state index is -0.272. The van der Waals surface area contributed by atoms with Crippen LogP contribution in [0.1, 0.15) is 12.5 Å². The second kappa shape index (κ2) is 4.75. The number of halogens is 1. The van der Waals surface area contributed by atoms with Crippen molar-refractivity contribution in [3.05, 3.63) is 28.9 Å².